The smallest absolute Gasteiger partial charge is 0.352 e. The van der Waals surface area contributed by atoms with E-state index >= 15 is 0 Å². The molecule has 1 aromatic rings. The summed E-state index contributed by atoms with van der Waals surface area (Å²) in [6.07, 6.45) is -0.822. The molecule has 1 heterocycles. The summed E-state index contributed by atoms with van der Waals surface area (Å²) in [4.78, 5) is 11.7. The molecule has 1 atom stereocenters. The molecule has 1 amide bonds. The van der Waals surface area contributed by atoms with E-state index in [4.69, 9.17) is 0 Å². The largest absolute Gasteiger partial charge is 0.416 e. The zero-order chi connectivity index (χ0) is 15.3. The van der Waals surface area contributed by atoms with Crippen LogP contribution in [0.15, 0.2) is 24.3 Å². The fraction of sp³-hybridized carbons (Fsp3) is 0.533. The molecule has 1 unspecified atom stereocenters. The van der Waals surface area contributed by atoms with Gasteiger partial charge in [-0.05, 0) is 43.5 Å². The molecule has 1 saturated heterocycles. The number of carbonyl (C=O) groups excluding carboxylic acids is 1. The molecule has 1 fully saturated rings. The molecule has 1 aromatic carbocycles. The van der Waals surface area contributed by atoms with Gasteiger partial charge >= 0.3 is 6.18 Å². The summed E-state index contributed by atoms with van der Waals surface area (Å²) in [7, 11) is 0. The molecule has 0 aliphatic carbocycles. The zero-order valence-electron chi connectivity index (χ0n) is 11.7. The quantitative estimate of drug-likeness (QED) is 0.878. The monoisotopic (exact) mass is 300 g/mol. The maximum atomic E-state index is 12.4. The average molecular weight is 300 g/mol. The number of rotatable bonds is 5. The maximum Gasteiger partial charge on any atom is 0.416 e. The maximum absolute atomic E-state index is 12.4. The van der Waals surface area contributed by atoms with E-state index in [1.54, 1.807) is 0 Å². The van der Waals surface area contributed by atoms with Gasteiger partial charge in [0.05, 0.1) is 5.56 Å². The lowest BCUT2D eigenvalue weighted by atomic mass is 10.1. The van der Waals surface area contributed by atoms with Crippen molar-refractivity contribution in [2.45, 2.75) is 44.4 Å². The van der Waals surface area contributed by atoms with Crippen molar-refractivity contribution in [2.24, 2.45) is 0 Å². The second kappa shape index (κ2) is 6.93. The Morgan fingerprint density at radius 3 is 2.57 bits per heavy atom. The van der Waals surface area contributed by atoms with E-state index in [-0.39, 0.29) is 12.5 Å². The van der Waals surface area contributed by atoms with Crippen molar-refractivity contribution in [2.75, 3.05) is 6.54 Å². The minimum Gasteiger partial charge on any atom is -0.352 e. The summed E-state index contributed by atoms with van der Waals surface area (Å²) in [6.45, 7) is 1.27. The molecule has 1 aliphatic heterocycles. The first kappa shape index (κ1) is 15.8. The highest BCUT2D eigenvalue weighted by atomic mass is 19.4. The molecule has 116 valence electrons. The van der Waals surface area contributed by atoms with Crippen LogP contribution in [0.2, 0.25) is 0 Å². The first-order valence-corrected chi connectivity index (χ1v) is 7.11. The Balaban J connectivity index is 1.73. The number of nitrogens with one attached hydrogen (secondary N) is 2. The summed E-state index contributed by atoms with van der Waals surface area (Å²) in [5.41, 5.74) is -0.0137. The minimum absolute atomic E-state index is 0.0661. The number of alkyl halides is 3. The van der Waals surface area contributed by atoms with Crippen LogP contribution in [0, 0.1) is 0 Å². The third-order valence-electron chi connectivity index (χ3n) is 3.65. The molecular formula is C15H19F3N2O. The van der Waals surface area contributed by atoms with Crippen molar-refractivity contribution < 1.29 is 18.0 Å². The number of hydrogen-bond donors (Lipinski definition) is 2. The Bertz CT molecular complexity index is 465. The topological polar surface area (TPSA) is 41.1 Å². The van der Waals surface area contributed by atoms with Gasteiger partial charge in [0.25, 0.3) is 0 Å². The highest BCUT2D eigenvalue weighted by Crippen LogP contribution is 2.29. The van der Waals surface area contributed by atoms with Crippen LogP contribution in [0.1, 0.15) is 36.8 Å². The lowest BCUT2D eigenvalue weighted by Gasteiger charge is -2.11. The lowest BCUT2D eigenvalue weighted by molar-refractivity contribution is -0.137. The van der Waals surface area contributed by atoms with E-state index in [1.807, 2.05) is 0 Å². The number of amides is 1. The van der Waals surface area contributed by atoms with Crippen LogP contribution >= 0.6 is 0 Å². The molecule has 0 bridgehead atoms. The van der Waals surface area contributed by atoms with Crippen molar-refractivity contribution >= 4 is 5.91 Å². The summed E-state index contributed by atoms with van der Waals surface area (Å²) >= 11 is 0. The molecular weight excluding hydrogens is 281 g/mol. The predicted molar refractivity (Wildman–Crippen MR) is 73.5 cm³/mol. The second-order valence-corrected chi connectivity index (χ2v) is 5.30. The van der Waals surface area contributed by atoms with E-state index in [0.29, 0.717) is 18.0 Å². The van der Waals surface area contributed by atoms with Gasteiger partial charge in [0.15, 0.2) is 0 Å². The van der Waals surface area contributed by atoms with E-state index in [9.17, 15) is 18.0 Å². The molecule has 0 radical (unpaired) electrons. The van der Waals surface area contributed by atoms with Crippen LogP contribution in [0.5, 0.6) is 0 Å². The second-order valence-electron chi connectivity index (χ2n) is 5.30. The number of halogens is 3. The number of benzene rings is 1. The van der Waals surface area contributed by atoms with Crippen LogP contribution in [-0.2, 0) is 17.5 Å². The fourth-order valence-electron chi connectivity index (χ4n) is 2.41. The van der Waals surface area contributed by atoms with Crippen LogP contribution in [-0.4, -0.2) is 18.5 Å². The zero-order valence-corrected chi connectivity index (χ0v) is 11.7. The Morgan fingerprint density at radius 2 is 2.00 bits per heavy atom. The van der Waals surface area contributed by atoms with E-state index in [0.717, 1.165) is 37.9 Å². The molecule has 2 N–H and O–H groups in total. The number of hydrogen-bond acceptors (Lipinski definition) is 2. The van der Waals surface area contributed by atoms with E-state index < -0.39 is 11.7 Å². The summed E-state index contributed by atoms with van der Waals surface area (Å²) in [5, 5.41) is 6.05. The van der Waals surface area contributed by atoms with Crippen molar-refractivity contribution in [3.05, 3.63) is 35.4 Å². The Labute approximate surface area is 121 Å². The fourth-order valence-corrected chi connectivity index (χ4v) is 2.41. The summed E-state index contributed by atoms with van der Waals surface area (Å²) in [5.74, 6) is -0.0661. The normalized spacial score (nSPS) is 18.7. The van der Waals surface area contributed by atoms with E-state index in [2.05, 4.69) is 10.6 Å². The molecule has 6 heteroatoms. The highest BCUT2D eigenvalue weighted by Gasteiger charge is 2.29. The molecule has 3 nitrogen and oxygen atoms in total. The van der Waals surface area contributed by atoms with Crippen molar-refractivity contribution in [1.82, 2.24) is 10.6 Å². The molecule has 1 aliphatic rings. The van der Waals surface area contributed by atoms with Gasteiger partial charge in [-0.3, -0.25) is 4.79 Å². The molecule has 21 heavy (non-hydrogen) atoms. The van der Waals surface area contributed by atoms with Crippen LogP contribution in [0.4, 0.5) is 13.2 Å². The third-order valence-corrected chi connectivity index (χ3v) is 3.65. The predicted octanol–water partition coefficient (Wildman–Crippen LogP) is 2.85. The van der Waals surface area contributed by atoms with Crippen LogP contribution in [0.25, 0.3) is 0 Å². The molecule has 0 spiro atoms. The van der Waals surface area contributed by atoms with Crippen molar-refractivity contribution in [3.8, 4) is 0 Å². The van der Waals surface area contributed by atoms with Gasteiger partial charge in [-0.15, -0.1) is 0 Å². The van der Waals surface area contributed by atoms with Gasteiger partial charge in [-0.1, -0.05) is 12.1 Å². The first-order valence-electron chi connectivity index (χ1n) is 7.11. The van der Waals surface area contributed by atoms with Crippen molar-refractivity contribution in [3.63, 3.8) is 0 Å². The lowest BCUT2D eigenvalue weighted by Crippen LogP contribution is -2.27. The van der Waals surface area contributed by atoms with E-state index in [1.165, 1.54) is 12.1 Å². The Kier molecular flexibility index (Phi) is 5.22. The van der Waals surface area contributed by atoms with Gasteiger partial charge < -0.3 is 10.6 Å². The SMILES string of the molecule is O=C(CCC1CCCN1)NCc1ccc(C(F)(F)F)cc1. The standard InChI is InChI=1S/C15H19F3N2O/c16-15(17,18)12-5-3-11(4-6-12)10-20-14(21)8-7-13-2-1-9-19-13/h3-6,13,19H,1-2,7-10H2,(H,20,21). The minimum atomic E-state index is -4.32. The molecule has 0 saturated carbocycles. The highest BCUT2D eigenvalue weighted by molar-refractivity contribution is 5.75. The van der Waals surface area contributed by atoms with Gasteiger partial charge in [-0.2, -0.15) is 13.2 Å². The van der Waals surface area contributed by atoms with Gasteiger partial charge in [-0.25, -0.2) is 0 Å². The van der Waals surface area contributed by atoms with Crippen LogP contribution < -0.4 is 10.6 Å². The van der Waals surface area contributed by atoms with Gasteiger partial charge in [0.1, 0.15) is 0 Å². The Morgan fingerprint density at radius 1 is 1.29 bits per heavy atom. The Hall–Kier alpha value is -1.56. The molecule has 0 aromatic heterocycles. The van der Waals surface area contributed by atoms with Gasteiger partial charge in [0.2, 0.25) is 5.91 Å². The summed E-state index contributed by atoms with van der Waals surface area (Å²) < 4.78 is 37.2. The van der Waals surface area contributed by atoms with Crippen LogP contribution in [0.3, 0.4) is 0 Å². The summed E-state index contributed by atoms with van der Waals surface area (Å²) in [6, 6.07) is 5.26. The molecule has 2 rings (SSSR count). The first-order chi connectivity index (χ1) is 9.95. The van der Waals surface area contributed by atoms with Crippen molar-refractivity contribution in [1.29, 1.82) is 0 Å². The van der Waals surface area contributed by atoms with Gasteiger partial charge in [0, 0.05) is 19.0 Å². The third kappa shape index (κ3) is 5.04. The average Bonchev–Trinajstić information content (AvgIpc) is 2.95. The number of carbonyl (C=O) groups is 1.